The van der Waals surface area contributed by atoms with Crippen LogP contribution in [-0.2, 0) is 17.1 Å². The van der Waals surface area contributed by atoms with Gasteiger partial charge in [0.2, 0.25) is 10.0 Å². The number of nitrogen functional groups attached to an aromatic ring is 1. The van der Waals surface area contributed by atoms with Crippen LogP contribution in [0.1, 0.15) is 18.4 Å². The van der Waals surface area contributed by atoms with Gasteiger partial charge in [-0.15, -0.1) is 0 Å². The van der Waals surface area contributed by atoms with Crippen LogP contribution in [0.5, 0.6) is 0 Å². The molecule has 1 saturated carbocycles. The topological polar surface area (TPSA) is 114 Å². The predicted octanol–water partition coefficient (Wildman–Crippen LogP) is -0.144. The SMILES string of the molecule is Cn1ncc(C(=N)N)c1NS(=O)(=O)CC1CC1. The molecule has 0 saturated heterocycles. The Morgan fingerprint density at radius 1 is 1.71 bits per heavy atom. The zero-order valence-electron chi connectivity index (χ0n) is 9.47. The second kappa shape index (κ2) is 4.02. The van der Waals surface area contributed by atoms with Crippen molar-refractivity contribution in [2.45, 2.75) is 12.8 Å². The molecule has 1 aliphatic rings. The largest absolute Gasteiger partial charge is 0.384 e. The quantitative estimate of drug-likeness (QED) is 0.503. The van der Waals surface area contributed by atoms with Crippen molar-refractivity contribution in [3.05, 3.63) is 11.8 Å². The molecular formula is C9H15N5O2S. The third-order valence-corrected chi connectivity index (χ3v) is 4.05. The average molecular weight is 257 g/mol. The number of anilines is 1. The van der Waals surface area contributed by atoms with Crippen molar-refractivity contribution in [3.8, 4) is 0 Å². The molecule has 0 amide bonds. The van der Waals surface area contributed by atoms with Crippen LogP contribution in [0.3, 0.4) is 0 Å². The van der Waals surface area contributed by atoms with Crippen LogP contribution >= 0.6 is 0 Å². The summed E-state index contributed by atoms with van der Waals surface area (Å²) in [5.74, 6) is 0.428. The lowest BCUT2D eigenvalue weighted by atomic mass is 10.3. The number of hydrogen-bond donors (Lipinski definition) is 3. The van der Waals surface area contributed by atoms with Crippen molar-refractivity contribution >= 4 is 21.7 Å². The fraction of sp³-hybridized carbons (Fsp3) is 0.556. The second-order valence-electron chi connectivity index (χ2n) is 4.27. The number of nitrogens with one attached hydrogen (secondary N) is 2. The van der Waals surface area contributed by atoms with Gasteiger partial charge in [-0.2, -0.15) is 5.10 Å². The number of sulfonamides is 1. The molecule has 7 nitrogen and oxygen atoms in total. The van der Waals surface area contributed by atoms with Crippen LogP contribution in [0.15, 0.2) is 6.20 Å². The minimum Gasteiger partial charge on any atom is -0.384 e. The Kier molecular flexibility index (Phi) is 2.82. The van der Waals surface area contributed by atoms with Gasteiger partial charge in [0.15, 0.2) is 0 Å². The smallest absolute Gasteiger partial charge is 0.234 e. The fourth-order valence-electron chi connectivity index (χ4n) is 1.54. The van der Waals surface area contributed by atoms with Crippen molar-refractivity contribution < 1.29 is 8.42 Å². The first-order valence-corrected chi connectivity index (χ1v) is 6.91. The number of rotatable bonds is 5. The van der Waals surface area contributed by atoms with E-state index >= 15 is 0 Å². The van der Waals surface area contributed by atoms with Gasteiger partial charge in [-0.05, 0) is 18.8 Å². The molecule has 2 rings (SSSR count). The Morgan fingerprint density at radius 3 is 2.88 bits per heavy atom. The monoisotopic (exact) mass is 257 g/mol. The van der Waals surface area contributed by atoms with Crippen molar-refractivity contribution in [2.24, 2.45) is 18.7 Å². The van der Waals surface area contributed by atoms with E-state index in [0.717, 1.165) is 12.8 Å². The van der Waals surface area contributed by atoms with E-state index in [1.54, 1.807) is 7.05 Å². The molecule has 17 heavy (non-hydrogen) atoms. The molecule has 0 aliphatic heterocycles. The number of hydrogen-bond acceptors (Lipinski definition) is 4. The van der Waals surface area contributed by atoms with Gasteiger partial charge in [0.25, 0.3) is 0 Å². The van der Waals surface area contributed by atoms with Gasteiger partial charge in [0.1, 0.15) is 11.7 Å². The van der Waals surface area contributed by atoms with Crippen LogP contribution in [0.4, 0.5) is 5.82 Å². The van der Waals surface area contributed by atoms with E-state index in [2.05, 4.69) is 9.82 Å². The molecule has 0 spiro atoms. The Labute approximate surface area is 99.6 Å². The van der Waals surface area contributed by atoms with Gasteiger partial charge in [0.05, 0.1) is 17.5 Å². The highest BCUT2D eigenvalue weighted by atomic mass is 32.2. The normalized spacial score (nSPS) is 15.8. The standard InChI is InChI=1S/C9H15N5O2S/c1-14-9(7(4-12-14)8(10)11)13-17(15,16)5-6-2-3-6/h4,6,13H,2-3,5H2,1H3,(H3,10,11). The molecule has 1 heterocycles. The molecule has 4 N–H and O–H groups in total. The molecule has 0 radical (unpaired) electrons. The number of aryl methyl sites for hydroxylation is 1. The molecule has 0 atom stereocenters. The third-order valence-electron chi connectivity index (χ3n) is 2.63. The molecule has 1 aromatic rings. The minimum atomic E-state index is -3.38. The van der Waals surface area contributed by atoms with Gasteiger partial charge in [-0.3, -0.25) is 14.8 Å². The Hall–Kier alpha value is -1.57. The predicted molar refractivity (Wildman–Crippen MR) is 64.4 cm³/mol. The lowest BCUT2D eigenvalue weighted by Gasteiger charge is -2.09. The lowest BCUT2D eigenvalue weighted by Crippen LogP contribution is -2.22. The number of nitrogens with zero attached hydrogens (tertiary/aromatic N) is 2. The summed E-state index contributed by atoms with van der Waals surface area (Å²) in [5, 5.41) is 11.2. The fourth-order valence-corrected chi connectivity index (χ4v) is 3.11. The lowest BCUT2D eigenvalue weighted by molar-refractivity contribution is 0.596. The summed E-state index contributed by atoms with van der Waals surface area (Å²) in [6, 6.07) is 0. The highest BCUT2D eigenvalue weighted by molar-refractivity contribution is 7.92. The highest BCUT2D eigenvalue weighted by Gasteiger charge is 2.29. The van der Waals surface area contributed by atoms with E-state index in [0.29, 0.717) is 5.56 Å². The number of nitrogens with two attached hydrogens (primary N) is 1. The van der Waals surface area contributed by atoms with E-state index in [1.807, 2.05) is 0 Å². The van der Waals surface area contributed by atoms with Crippen LogP contribution in [-0.4, -0.2) is 29.8 Å². The van der Waals surface area contributed by atoms with E-state index in [1.165, 1.54) is 10.9 Å². The summed E-state index contributed by atoms with van der Waals surface area (Å²) in [6.45, 7) is 0. The zero-order chi connectivity index (χ0) is 12.6. The molecule has 8 heteroatoms. The van der Waals surface area contributed by atoms with Crippen LogP contribution in [0.2, 0.25) is 0 Å². The van der Waals surface area contributed by atoms with Crippen LogP contribution in [0, 0.1) is 11.3 Å². The summed E-state index contributed by atoms with van der Waals surface area (Å²) in [7, 11) is -1.78. The first-order chi connectivity index (χ1) is 7.89. The van der Waals surface area contributed by atoms with Gasteiger partial charge in [0, 0.05) is 7.05 Å². The molecule has 1 fully saturated rings. The molecule has 1 aliphatic carbocycles. The summed E-state index contributed by atoms with van der Waals surface area (Å²) < 4.78 is 27.4. The number of amidine groups is 1. The van der Waals surface area contributed by atoms with Crippen molar-refractivity contribution in [1.29, 1.82) is 5.41 Å². The summed E-state index contributed by atoms with van der Waals surface area (Å²) >= 11 is 0. The highest BCUT2D eigenvalue weighted by Crippen LogP contribution is 2.30. The second-order valence-corrected chi connectivity index (χ2v) is 6.04. The van der Waals surface area contributed by atoms with Gasteiger partial charge < -0.3 is 5.73 Å². The summed E-state index contributed by atoms with van der Waals surface area (Å²) in [5.41, 5.74) is 5.65. The van der Waals surface area contributed by atoms with Crippen LogP contribution < -0.4 is 10.5 Å². The third kappa shape index (κ3) is 2.76. The molecule has 0 aromatic carbocycles. The first-order valence-electron chi connectivity index (χ1n) is 5.26. The van der Waals surface area contributed by atoms with E-state index < -0.39 is 10.0 Å². The van der Waals surface area contributed by atoms with E-state index in [9.17, 15) is 8.42 Å². The average Bonchev–Trinajstić information content (AvgIpc) is 2.91. The van der Waals surface area contributed by atoms with Gasteiger partial charge in [-0.1, -0.05) is 0 Å². The molecule has 0 unspecified atom stereocenters. The molecular weight excluding hydrogens is 242 g/mol. The van der Waals surface area contributed by atoms with Gasteiger partial charge in [-0.25, -0.2) is 8.42 Å². The molecule has 1 aromatic heterocycles. The van der Waals surface area contributed by atoms with E-state index in [4.69, 9.17) is 11.1 Å². The van der Waals surface area contributed by atoms with Crippen molar-refractivity contribution in [3.63, 3.8) is 0 Å². The van der Waals surface area contributed by atoms with Crippen molar-refractivity contribution in [1.82, 2.24) is 9.78 Å². The maximum atomic E-state index is 11.8. The van der Waals surface area contributed by atoms with Crippen molar-refractivity contribution in [2.75, 3.05) is 10.5 Å². The Morgan fingerprint density at radius 2 is 2.35 bits per heavy atom. The zero-order valence-corrected chi connectivity index (χ0v) is 10.3. The van der Waals surface area contributed by atoms with Crippen LogP contribution in [0.25, 0.3) is 0 Å². The Bertz CT molecular complexity index is 544. The number of aromatic nitrogens is 2. The van der Waals surface area contributed by atoms with Gasteiger partial charge >= 0.3 is 0 Å². The summed E-state index contributed by atoms with van der Waals surface area (Å²) in [6.07, 6.45) is 3.30. The van der Waals surface area contributed by atoms with E-state index in [-0.39, 0.29) is 23.3 Å². The maximum Gasteiger partial charge on any atom is 0.234 e. The first kappa shape index (κ1) is 11.9. The summed E-state index contributed by atoms with van der Waals surface area (Å²) in [4.78, 5) is 0. The molecule has 0 bridgehead atoms. The maximum absolute atomic E-state index is 11.8. The molecule has 94 valence electrons. The Balaban J connectivity index is 2.22. The minimum absolute atomic E-state index is 0.121.